The zero-order valence-electron chi connectivity index (χ0n) is 8.92. The summed E-state index contributed by atoms with van der Waals surface area (Å²) in [6.45, 7) is 9.55. The minimum atomic E-state index is -0.220. The molecule has 1 aliphatic heterocycles. The third-order valence-corrected chi connectivity index (χ3v) is 3.81. The molecule has 1 N–H and O–H groups in total. The van der Waals surface area contributed by atoms with E-state index in [1.165, 1.54) is 24.6 Å². The lowest BCUT2D eigenvalue weighted by atomic mass is 9.87. The van der Waals surface area contributed by atoms with Crippen LogP contribution < -0.4 is 0 Å². The van der Waals surface area contributed by atoms with Gasteiger partial charge >= 0.3 is 0 Å². The van der Waals surface area contributed by atoms with Gasteiger partial charge in [-0.2, -0.15) is 11.8 Å². The highest BCUT2D eigenvalue weighted by atomic mass is 32.2. The molecule has 1 aliphatic rings. The molecule has 1 atom stereocenters. The highest BCUT2D eigenvalue weighted by Gasteiger charge is 2.27. The van der Waals surface area contributed by atoms with Gasteiger partial charge in [0.1, 0.15) is 0 Å². The van der Waals surface area contributed by atoms with Crippen molar-refractivity contribution in [2.75, 3.05) is 31.1 Å². The van der Waals surface area contributed by atoms with Gasteiger partial charge in [0.05, 0.1) is 6.10 Å². The molecule has 78 valence electrons. The lowest BCUT2D eigenvalue weighted by Crippen LogP contribution is -2.43. The van der Waals surface area contributed by atoms with Crippen LogP contribution in [0.3, 0.4) is 0 Å². The van der Waals surface area contributed by atoms with Gasteiger partial charge in [-0.1, -0.05) is 13.8 Å². The first-order valence-electron chi connectivity index (χ1n) is 5.00. The van der Waals surface area contributed by atoms with Gasteiger partial charge < -0.3 is 10.0 Å². The Kier molecular flexibility index (Phi) is 4.07. The number of rotatable bonds is 3. The van der Waals surface area contributed by atoms with Gasteiger partial charge in [-0.15, -0.1) is 0 Å². The number of nitrogens with zero attached hydrogens (tertiary/aromatic N) is 1. The number of aliphatic hydroxyl groups is 1. The first kappa shape index (κ1) is 11.3. The van der Waals surface area contributed by atoms with Crippen LogP contribution in [0.25, 0.3) is 0 Å². The lowest BCUT2D eigenvalue weighted by Gasteiger charge is -2.36. The molecule has 1 unspecified atom stereocenters. The maximum Gasteiger partial charge on any atom is 0.0575 e. The van der Waals surface area contributed by atoms with Crippen LogP contribution in [0.4, 0.5) is 0 Å². The third-order valence-electron chi connectivity index (χ3n) is 2.87. The smallest absolute Gasteiger partial charge is 0.0575 e. The predicted octanol–water partition coefficient (Wildman–Crippen LogP) is 1.44. The Labute approximate surface area is 85.7 Å². The molecule has 0 saturated carbocycles. The zero-order valence-corrected chi connectivity index (χ0v) is 9.73. The van der Waals surface area contributed by atoms with Crippen molar-refractivity contribution in [1.29, 1.82) is 0 Å². The van der Waals surface area contributed by atoms with Gasteiger partial charge in [0, 0.05) is 36.6 Å². The number of hydrogen-bond acceptors (Lipinski definition) is 3. The van der Waals surface area contributed by atoms with E-state index < -0.39 is 0 Å². The summed E-state index contributed by atoms with van der Waals surface area (Å²) in [5.74, 6) is 2.49. The summed E-state index contributed by atoms with van der Waals surface area (Å²) in [6, 6.07) is 0. The van der Waals surface area contributed by atoms with Crippen molar-refractivity contribution < 1.29 is 5.11 Å². The van der Waals surface area contributed by atoms with E-state index >= 15 is 0 Å². The second-order valence-electron chi connectivity index (χ2n) is 4.55. The van der Waals surface area contributed by atoms with E-state index in [4.69, 9.17) is 0 Å². The highest BCUT2D eigenvalue weighted by Crippen LogP contribution is 2.23. The van der Waals surface area contributed by atoms with Crippen molar-refractivity contribution in [1.82, 2.24) is 4.90 Å². The van der Waals surface area contributed by atoms with E-state index in [1.54, 1.807) is 0 Å². The second kappa shape index (κ2) is 4.67. The summed E-state index contributed by atoms with van der Waals surface area (Å²) in [5.41, 5.74) is 0.0298. The largest absolute Gasteiger partial charge is 0.393 e. The topological polar surface area (TPSA) is 23.5 Å². The highest BCUT2D eigenvalue weighted by molar-refractivity contribution is 7.99. The normalized spacial score (nSPS) is 23.1. The van der Waals surface area contributed by atoms with Gasteiger partial charge in [-0.3, -0.25) is 0 Å². The Morgan fingerprint density at radius 1 is 1.38 bits per heavy atom. The van der Waals surface area contributed by atoms with Gasteiger partial charge in [-0.05, 0) is 6.92 Å². The summed E-state index contributed by atoms with van der Waals surface area (Å²) in [4.78, 5) is 2.46. The van der Waals surface area contributed by atoms with E-state index in [0.29, 0.717) is 0 Å². The zero-order chi connectivity index (χ0) is 9.90. The second-order valence-corrected chi connectivity index (χ2v) is 5.78. The van der Waals surface area contributed by atoms with Crippen molar-refractivity contribution in [3.8, 4) is 0 Å². The Morgan fingerprint density at radius 3 is 2.38 bits per heavy atom. The van der Waals surface area contributed by atoms with Crippen LogP contribution in [-0.2, 0) is 0 Å². The van der Waals surface area contributed by atoms with Crippen molar-refractivity contribution >= 4 is 11.8 Å². The van der Waals surface area contributed by atoms with Crippen molar-refractivity contribution in [2.24, 2.45) is 5.41 Å². The summed E-state index contributed by atoms with van der Waals surface area (Å²) in [5, 5.41) is 9.58. The molecular weight excluding hydrogens is 182 g/mol. The van der Waals surface area contributed by atoms with Crippen LogP contribution in [0.5, 0.6) is 0 Å². The van der Waals surface area contributed by atoms with Crippen LogP contribution >= 0.6 is 11.8 Å². The minimum absolute atomic E-state index is 0.0298. The molecule has 1 saturated heterocycles. The average Bonchev–Trinajstić information content (AvgIpc) is 2.05. The summed E-state index contributed by atoms with van der Waals surface area (Å²) >= 11 is 2.03. The fourth-order valence-corrected chi connectivity index (χ4v) is 2.45. The molecule has 1 heterocycles. The summed E-state index contributed by atoms with van der Waals surface area (Å²) in [6.07, 6.45) is -0.220. The van der Waals surface area contributed by atoms with Gasteiger partial charge in [-0.25, -0.2) is 0 Å². The van der Waals surface area contributed by atoms with Crippen LogP contribution in [0.2, 0.25) is 0 Å². The van der Waals surface area contributed by atoms with E-state index in [2.05, 4.69) is 18.7 Å². The Morgan fingerprint density at radius 2 is 1.92 bits per heavy atom. The molecule has 3 heteroatoms. The van der Waals surface area contributed by atoms with Gasteiger partial charge in [0.15, 0.2) is 0 Å². The van der Waals surface area contributed by atoms with Gasteiger partial charge in [0.25, 0.3) is 0 Å². The molecule has 1 rings (SSSR count). The Balaban J connectivity index is 2.37. The molecule has 2 nitrogen and oxygen atoms in total. The maximum atomic E-state index is 9.58. The first-order valence-corrected chi connectivity index (χ1v) is 6.16. The fourth-order valence-electron chi connectivity index (χ4n) is 1.47. The molecule has 0 spiro atoms. The molecule has 1 fully saturated rings. The van der Waals surface area contributed by atoms with Crippen molar-refractivity contribution in [3.63, 3.8) is 0 Å². The SMILES string of the molecule is CC(O)C(C)(C)CN1CCSCC1. The summed E-state index contributed by atoms with van der Waals surface area (Å²) in [7, 11) is 0. The average molecular weight is 203 g/mol. The van der Waals surface area contributed by atoms with Crippen LogP contribution in [0.1, 0.15) is 20.8 Å². The number of thioether (sulfide) groups is 1. The number of hydrogen-bond donors (Lipinski definition) is 1. The predicted molar refractivity (Wildman–Crippen MR) is 59.2 cm³/mol. The molecule has 0 aliphatic carbocycles. The van der Waals surface area contributed by atoms with Crippen molar-refractivity contribution in [3.05, 3.63) is 0 Å². The Hall–Kier alpha value is 0.270. The van der Waals surface area contributed by atoms with Crippen molar-refractivity contribution in [2.45, 2.75) is 26.9 Å². The molecule has 0 bridgehead atoms. The first-order chi connectivity index (χ1) is 6.02. The van der Waals surface area contributed by atoms with Crippen LogP contribution in [0, 0.1) is 5.41 Å². The lowest BCUT2D eigenvalue weighted by molar-refractivity contribution is 0.0370. The Bertz CT molecular complexity index is 153. The maximum absolute atomic E-state index is 9.58. The van der Waals surface area contributed by atoms with E-state index in [0.717, 1.165) is 6.54 Å². The van der Waals surface area contributed by atoms with E-state index in [9.17, 15) is 5.11 Å². The van der Waals surface area contributed by atoms with Gasteiger partial charge in [0.2, 0.25) is 0 Å². The standard InChI is InChI=1S/C10H21NOS/c1-9(12)10(2,3)8-11-4-6-13-7-5-11/h9,12H,4-8H2,1-3H3. The molecular formula is C10H21NOS. The molecule has 0 aromatic carbocycles. The quantitative estimate of drug-likeness (QED) is 0.751. The molecule has 0 aromatic heterocycles. The molecule has 0 aromatic rings. The molecule has 13 heavy (non-hydrogen) atoms. The van der Waals surface area contributed by atoms with E-state index in [-0.39, 0.29) is 11.5 Å². The summed E-state index contributed by atoms with van der Waals surface area (Å²) < 4.78 is 0. The van der Waals surface area contributed by atoms with E-state index in [1.807, 2.05) is 18.7 Å². The molecule has 0 radical (unpaired) electrons. The van der Waals surface area contributed by atoms with Crippen LogP contribution in [-0.4, -0.2) is 47.3 Å². The fraction of sp³-hybridized carbons (Fsp3) is 1.00. The molecule has 0 amide bonds. The monoisotopic (exact) mass is 203 g/mol. The third kappa shape index (κ3) is 3.49. The van der Waals surface area contributed by atoms with Crippen LogP contribution in [0.15, 0.2) is 0 Å². The number of aliphatic hydroxyl groups excluding tert-OH is 1. The minimum Gasteiger partial charge on any atom is -0.393 e.